The Morgan fingerprint density at radius 1 is 1.19 bits per heavy atom. The van der Waals surface area contributed by atoms with Gasteiger partial charge in [-0.3, -0.25) is 5.84 Å². The molecular formula is C16H14ClFN2O. The molecular weight excluding hydrogens is 291 g/mol. The molecule has 1 unspecified atom stereocenters. The molecule has 3 aromatic rings. The zero-order valence-electron chi connectivity index (χ0n) is 11.1. The van der Waals surface area contributed by atoms with Gasteiger partial charge in [0.1, 0.15) is 17.2 Å². The molecule has 5 heteroatoms. The van der Waals surface area contributed by atoms with E-state index in [9.17, 15) is 4.39 Å². The minimum atomic E-state index is -0.264. The van der Waals surface area contributed by atoms with Crippen LogP contribution >= 0.6 is 11.6 Å². The maximum absolute atomic E-state index is 13.2. The van der Waals surface area contributed by atoms with E-state index in [1.165, 1.54) is 12.1 Å². The van der Waals surface area contributed by atoms with Crippen molar-refractivity contribution in [3.63, 3.8) is 0 Å². The van der Waals surface area contributed by atoms with E-state index in [0.717, 1.165) is 16.5 Å². The summed E-state index contributed by atoms with van der Waals surface area (Å²) in [6.45, 7) is 0. The van der Waals surface area contributed by atoms with Gasteiger partial charge >= 0.3 is 0 Å². The van der Waals surface area contributed by atoms with Crippen LogP contribution in [0.5, 0.6) is 0 Å². The van der Waals surface area contributed by atoms with Crippen LogP contribution in [0.15, 0.2) is 52.9 Å². The van der Waals surface area contributed by atoms with Gasteiger partial charge in [0, 0.05) is 10.4 Å². The van der Waals surface area contributed by atoms with E-state index in [0.29, 0.717) is 17.2 Å². The van der Waals surface area contributed by atoms with Gasteiger partial charge in [-0.25, -0.2) is 9.82 Å². The fourth-order valence-corrected chi connectivity index (χ4v) is 2.53. The molecule has 1 atom stereocenters. The topological polar surface area (TPSA) is 51.2 Å². The Morgan fingerprint density at radius 3 is 2.81 bits per heavy atom. The summed E-state index contributed by atoms with van der Waals surface area (Å²) in [5.74, 6) is 6.04. The predicted octanol–water partition coefficient (Wildman–Crippen LogP) is 3.97. The average molecular weight is 305 g/mol. The van der Waals surface area contributed by atoms with Crippen molar-refractivity contribution in [2.24, 2.45) is 5.84 Å². The summed E-state index contributed by atoms with van der Waals surface area (Å²) < 4.78 is 19.0. The van der Waals surface area contributed by atoms with Gasteiger partial charge in [-0.1, -0.05) is 23.7 Å². The zero-order valence-corrected chi connectivity index (χ0v) is 11.9. The average Bonchev–Trinajstić information content (AvgIpc) is 2.87. The van der Waals surface area contributed by atoms with E-state index in [4.69, 9.17) is 21.9 Å². The summed E-state index contributed by atoms with van der Waals surface area (Å²) in [5.41, 5.74) is 4.30. The minimum Gasteiger partial charge on any atom is -0.459 e. The Labute approximate surface area is 126 Å². The van der Waals surface area contributed by atoms with Crippen LogP contribution in [0.4, 0.5) is 4.39 Å². The Hall–Kier alpha value is -1.88. The van der Waals surface area contributed by atoms with Crippen molar-refractivity contribution in [3.05, 3.63) is 70.7 Å². The first kappa shape index (κ1) is 14.1. The van der Waals surface area contributed by atoms with Gasteiger partial charge in [-0.2, -0.15) is 0 Å². The van der Waals surface area contributed by atoms with Crippen LogP contribution < -0.4 is 11.3 Å². The van der Waals surface area contributed by atoms with Gasteiger partial charge in [-0.05, 0) is 48.4 Å². The zero-order chi connectivity index (χ0) is 14.8. The number of benzene rings is 2. The largest absolute Gasteiger partial charge is 0.459 e. The maximum Gasteiger partial charge on any atom is 0.134 e. The molecule has 0 saturated heterocycles. The summed E-state index contributed by atoms with van der Waals surface area (Å²) in [7, 11) is 0. The number of hydrazine groups is 1. The fourth-order valence-electron chi connectivity index (χ4n) is 2.35. The lowest BCUT2D eigenvalue weighted by molar-refractivity contribution is 0.434. The summed E-state index contributed by atoms with van der Waals surface area (Å²) in [4.78, 5) is 0. The van der Waals surface area contributed by atoms with E-state index in [-0.39, 0.29) is 11.9 Å². The second-order valence-corrected chi connectivity index (χ2v) is 5.32. The number of nitrogens with two attached hydrogens (primary N) is 1. The van der Waals surface area contributed by atoms with Gasteiger partial charge in [-0.15, -0.1) is 0 Å². The predicted molar refractivity (Wildman–Crippen MR) is 81.4 cm³/mol. The van der Waals surface area contributed by atoms with Crippen LogP contribution in [0.1, 0.15) is 17.4 Å². The lowest BCUT2D eigenvalue weighted by Crippen LogP contribution is -2.29. The van der Waals surface area contributed by atoms with Crippen LogP contribution in [0.3, 0.4) is 0 Å². The summed E-state index contributed by atoms with van der Waals surface area (Å²) in [5, 5.41) is 1.56. The normalized spacial score (nSPS) is 12.7. The lowest BCUT2D eigenvalue weighted by atomic mass is 10.0. The highest BCUT2D eigenvalue weighted by molar-refractivity contribution is 6.31. The number of fused-ring (bicyclic) bond motifs is 1. The molecule has 1 aromatic heterocycles. The molecule has 0 aliphatic rings. The molecule has 0 aliphatic carbocycles. The smallest absolute Gasteiger partial charge is 0.134 e. The van der Waals surface area contributed by atoms with Crippen molar-refractivity contribution in [2.75, 3.05) is 0 Å². The van der Waals surface area contributed by atoms with Crippen molar-refractivity contribution >= 4 is 22.6 Å². The van der Waals surface area contributed by atoms with Crippen molar-refractivity contribution in [1.82, 2.24) is 5.43 Å². The number of halogens is 2. The SMILES string of the molecule is NNC(Cc1cccc(F)c1)c1cc2cc(Cl)ccc2o1. The van der Waals surface area contributed by atoms with Gasteiger partial charge < -0.3 is 4.42 Å². The number of nitrogens with one attached hydrogen (secondary N) is 1. The van der Waals surface area contributed by atoms with Crippen molar-refractivity contribution in [1.29, 1.82) is 0 Å². The van der Waals surface area contributed by atoms with E-state index < -0.39 is 0 Å². The van der Waals surface area contributed by atoms with Gasteiger partial charge in [0.2, 0.25) is 0 Å². The quantitative estimate of drug-likeness (QED) is 0.566. The second-order valence-electron chi connectivity index (χ2n) is 4.88. The lowest BCUT2D eigenvalue weighted by Gasteiger charge is -2.13. The van der Waals surface area contributed by atoms with Crippen molar-refractivity contribution in [2.45, 2.75) is 12.5 Å². The van der Waals surface area contributed by atoms with Gasteiger partial charge in [0.05, 0.1) is 6.04 Å². The number of hydrogen-bond acceptors (Lipinski definition) is 3. The van der Waals surface area contributed by atoms with Crippen LogP contribution in [0, 0.1) is 5.82 Å². The highest BCUT2D eigenvalue weighted by Crippen LogP contribution is 2.27. The second kappa shape index (κ2) is 5.85. The van der Waals surface area contributed by atoms with E-state index in [1.54, 1.807) is 12.1 Å². The molecule has 0 fully saturated rings. The Bertz CT molecular complexity index is 772. The van der Waals surface area contributed by atoms with Gasteiger partial charge in [0.15, 0.2) is 0 Å². The molecule has 3 N–H and O–H groups in total. The fraction of sp³-hybridized carbons (Fsp3) is 0.125. The molecule has 1 heterocycles. The van der Waals surface area contributed by atoms with Crippen LogP contribution in [-0.4, -0.2) is 0 Å². The Kier molecular flexibility index (Phi) is 3.92. The molecule has 0 spiro atoms. The van der Waals surface area contributed by atoms with Crippen LogP contribution in [0.25, 0.3) is 11.0 Å². The third kappa shape index (κ3) is 3.08. The van der Waals surface area contributed by atoms with Crippen LogP contribution in [-0.2, 0) is 6.42 Å². The molecule has 3 rings (SSSR count). The van der Waals surface area contributed by atoms with E-state index in [2.05, 4.69) is 5.43 Å². The van der Waals surface area contributed by atoms with Crippen molar-refractivity contribution < 1.29 is 8.81 Å². The highest BCUT2D eigenvalue weighted by Gasteiger charge is 2.16. The third-order valence-electron chi connectivity index (χ3n) is 3.37. The standard InChI is InChI=1S/C16H14ClFN2O/c17-12-4-5-15-11(8-12)9-16(21-15)14(20-19)7-10-2-1-3-13(18)6-10/h1-6,8-9,14,20H,7,19H2. The molecule has 0 bridgehead atoms. The number of furan rings is 1. The molecule has 0 aliphatic heterocycles. The molecule has 0 saturated carbocycles. The molecule has 0 radical (unpaired) electrons. The maximum atomic E-state index is 13.2. The summed E-state index contributed by atoms with van der Waals surface area (Å²) in [6, 6.07) is 13.5. The summed E-state index contributed by atoms with van der Waals surface area (Å²) in [6.07, 6.45) is 0.530. The van der Waals surface area contributed by atoms with E-state index >= 15 is 0 Å². The Balaban J connectivity index is 1.90. The van der Waals surface area contributed by atoms with Gasteiger partial charge in [0.25, 0.3) is 0 Å². The molecule has 3 nitrogen and oxygen atoms in total. The Morgan fingerprint density at radius 2 is 2.05 bits per heavy atom. The number of hydrogen-bond donors (Lipinski definition) is 2. The van der Waals surface area contributed by atoms with Crippen LogP contribution in [0.2, 0.25) is 5.02 Å². The molecule has 21 heavy (non-hydrogen) atoms. The highest BCUT2D eigenvalue weighted by atomic mass is 35.5. The molecule has 0 amide bonds. The first-order valence-corrected chi connectivity index (χ1v) is 6.93. The summed E-state index contributed by atoms with van der Waals surface area (Å²) >= 11 is 5.96. The minimum absolute atomic E-state index is 0.238. The molecule has 2 aromatic carbocycles. The van der Waals surface area contributed by atoms with Crippen molar-refractivity contribution in [3.8, 4) is 0 Å². The third-order valence-corrected chi connectivity index (χ3v) is 3.61. The molecule has 108 valence electrons. The first-order chi connectivity index (χ1) is 10.2. The first-order valence-electron chi connectivity index (χ1n) is 6.55. The van der Waals surface area contributed by atoms with E-state index in [1.807, 2.05) is 24.3 Å². The monoisotopic (exact) mass is 304 g/mol. The number of rotatable bonds is 4.